The molecule has 128 valence electrons. The number of benzene rings is 2. The molecule has 1 atom stereocenters. The molecule has 2 aromatic carbocycles. The highest BCUT2D eigenvalue weighted by atomic mass is 16.2. The Hall–Kier alpha value is -3.15. The SMILES string of the molecule is O=C(CC(c1ccccc1)c1ccccc1)NCC1NC(=O)NC1=O. The number of amides is 4. The molecule has 0 aromatic heterocycles. The van der Waals surface area contributed by atoms with Gasteiger partial charge in [-0.15, -0.1) is 0 Å². The van der Waals surface area contributed by atoms with Gasteiger partial charge in [0.2, 0.25) is 5.91 Å². The second-order valence-electron chi connectivity index (χ2n) is 5.90. The Kier molecular flexibility index (Phi) is 5.09. The third-order valence-corrected chi connectivity index (χ3v) is 4.16. The van der Waals surface area contributed by atoms with E-state index in [-0.39, 0.29) is 24.8 Å². The zero-order valence-corrected chi connectivity index (χ0v) is 13.6. The first-order valence-corrected chi connectivity index (χ1v) is 8.11. The van der Waals surface area contributed by atoms with Gasteiger partial charge in [-0.1, -0.05) is 60.7 Å². The molecule has 1 fully saturated rings. The van der Waals surface area contributed by atoms with Gasteiger partial charge in [0, 0.05) is 18.9 Å². The first-order chi connectivity index (χ1) is 12.1. The van der Waals surface area contributed by atoms with Crippen molar-refractivity contribution >= 4 is 17.8 Å². The summed E-state index contributed by atoms with van der Waals surface area (Å²) in [5.41, 5.74) is 2.10. The predicted octanol–water partition coefficient (Wildman–Crippen LogP) is 1.53. The van der Waals surface area contributed by atoms with Gasteiger partial charge in [-0.2, -0.15) is 0 Å². The first-order valence-electron chi connectivity index (χ1n) is 8.11. The van der Waals surface area contributed by atoms with E-state index in [2.05, 4.69) is 16.0 Å². The highest BCUT2D eigenvalue weighted by molar-refractivity contribution is 6.04. The fraction of sp³-hybridized carbons (Fsp3) is 0.211. The molecule has 1 heterocycles. The fourth-order valence-electron chi connectivity index (χ4n) is 2.87. The van der Waals surface area contributed by atoms with E-state index in [1.54, 1.807) is 0 Å². The van der Waals surface area contributed by atoms with E-state index in [9.17, 15) is 14.4 Å². The molecule has 1 aliphatic heterocycles. The molecule has 0 aliphatic carbocycles. The van der Waals surface area contributed by atoms with E-state index < -0.39 is 18.0 Å². The second-order valence-corrected chi connectivity index (χ2v) is 5.90. The van der Waals surface area contributed by atoms with Gasteiger partial charge >= 0.3 is 6.03 Å². The lowest BCUT2D eigenvalue weighted by molar-refractivity contribution is -0.122. The molecular weight excluding hydrogens is 318 g/mol. The van der Waals surface area contributed by atoms with Crippen LogP contribution in [0, 0.1) is 0 Å². The molecule has 0 saturated carbocycles. The zero-order chi connectivity index (χ0) is 17.6. The largest absolute Gasteiger partial charge is 0.353 e. The number of carbonyl (C=O) groups excluding carboxylic acids is 3. The molecule has 2 aromatic rings. The van der Waals surface area contributed by atoms with Crippen molar-refractivity contribution in [1.82, 2.24) is 16.0 Å². The van der Waals surface area contributed by atoms with E-state index in [1.165, 1.54) is 0 Å². The molecule has 25 heavy (non-hydrogen) atoms. The predicted molar refractivity (Wildman–Crippen MR) is 92.8 cm³/mol. The number of urea groups is 1. The minimum Gasteiger partial charge on any atom is -0.353 e. The van der Waals surface area contributed by atoms with E-state index in [0.29, 0.717) is 0 Å². The lowest BCUT2D eigenvalue weighted by atomic mass is 9.88. The number of hydrogen-bond donors (Lipinski definition) is 3. The normalized spacial score (nSPS) is 16.4. The maximum Gasteiger partial charge on any atom is 0.322 e. The smallest absolute Gasteiger partial charge is 0.322 e. The number of nitrogens with one attached hydrogen (secondary N) is 3. The minimum absolute atomic E-state index is 0.0746. The van der Waals surface area contributed by atoms with Gasteiger partial charge in [0.1, 0.15) is 6.04 Å². The molecule has 0 radical (unpaired) electrons. The molecule has 4 amide bonds. The van der Waals surface area contributed by atoms with Crippen molar-refractivity contribution in [2.45, 2.75) is 18.4 Å². The summed E-state index contributed by atoms with van der Waals surface area (Å²) in [7, 11) is 0. The maximum atomic E-state index is 12.4. The van der Waals surface area contributed by atoms with E-state index in [4.69, 9.17) is 0 Å². The lowest BCUT2D eigenvalue weighted by Crippen LogP contribution is -2.41. The van der Waals surface area contributed by atoms with Crippen molar-refractivity contribution in [3.8, 4) is 0 Å². The molecule has 1 unspecified atom stereocenters. The highest BCUT2D eigenvalue weighted by Crippen LogP contribution is 2.27. The topological polar surface area (TPSA) is 87.3 Å². The second kappa shape index (κ2) is 7.61. The monoisotopic (exact) mass is 337 g/mol. The summed E-state index contributed by atoms with van der Waals surface area (Å²) in [6.45, 7) is 0.0761. The van der Waals surface area contributed by atoms with Crippen LogP contribution in [0.15, 0.2) is 60.7 Å². The average Bonchev–Trinajstić information content (AvgIpc) is 2.96. The Labute approximate surface area is 145 Å². The van der Waals surface area contributed by atoms with Crippen molar-refractivity contribution in [2.75, 3.05) is 6.54 Å². The van der Waals surface area contributed by atoms with Gasteiger partial charge in [0.05, 0.1) is 0 Å². The van der Waals surface area contributed by atoms with Crippen LogP contribution in [0.4, 0.5) is 4.79 Å². The van der Waals surface area contributed by atoms with Gasteiger partial charge in [-0.05, 0) is 11.1 Å². The Bertz CT molecular complexity index is 722. The quantitative estimate of drug-likeness (QED) is 0.699. The Morgan fingerprint density at radius 2 is 1.52 bits per heavy atom. The van der Waals surface area contributed by atoms with Crippen LogP contribution in [0.1, 0.15) is 23.5 Å². The molecule has 6 nitrogen and oxygen atoms in total. The Morgan fingerprint density at radius 3 is 2.00 bits per heavy atom. The summed E-state index contributed by atoms with van der Waals surface area (Å²) in [6, 6.07) is 18.4. The van der Waals surface area contributed by atoms with Crippen molar-refractivity contribution in [3.63, 3.8) is 0 Å². The van der Waals surface area contributed by atoms with Crippen molar-refractivity contribution < 1.29 is 14.4 Å². The van der Waals surface area contributed by atoms with Gasteiger partial charge in [0.15, 0.2) is 0 Å². The molecule has 0 bridgehead atoms. The minimum atomic E-state index is -0.719. The number of carbonyl (C=O) groups is 3. The maximum absolute atomic E-state index is 12.4. The van der Waals surface area contributed by atoms with Crippen LogP contribution in [0.5, 0.6) is 0 Å². The molecule has 1 aliphatic rings. The van der Waals surface area contributed by atoms with Crippen LogP contribution >= 0.6 is 0 Å². The Morgan fingerprint density at radius 1 is 0.960 bits per heavy atom. The van der Waals surface area contributed by atoms with Crippen LogP contribution in [0.3, 0.4) is 0 Å². The molecule has 3 N–H and O–H groups in total. The Balaban J connectivity index is 1.67. The third kappa shape index (κ3) is 4.23. The van der Waals surface area contributed by atoms with Crippen LogP contribution in [0.25, 0.3) is 0 Å². The van der Waals surface area contributed by atoms with Crippen molar-refractivity contribution in [2.24, 2.45) is 0 Å². The van der Waals surface area contributed by atoms with Gasteiger partial charge in [0.25, 0.3) is 5.91 Å². The lowest BCUT2D eigenvalue weighted by Gasteiger charge is -2.18. The summed E-state index contributed by atoms with van der Waals surface area (Å²) in [4.78, 5) is 35.0. The van der Waals surface area contributed by atoms with Crippen molar-refractivity contribution in [1.29, 1.82) is 0 Å². The standard InChI is InChI=1S/C19H19N3O3/c23-17(20-12-16-18(24)22-19(25)21-16)11-15(13-7-3-1-4-8-13)14-9-5-2-6-10-14/h1-10,15-16H,11-12H2,(H,20,23)(H2,21,22,24,25). The molecule has 1 saturated heterocycles. The molecular formula is C19H19N3O3. The third-order valence-electron chi connectivity index (χ3n) is 4.16. The number of imide groups is 1. The zero-order valence-electron chi connectivity index (χ0n) is 13.6. The summed E-state index contributed by atoms with van der Waals surface area (Å²) < 4.78 is 0. The van der Waals surface area contributed by atoms with E-state index in [0.717, 1.165) is 11.1 Å². The van der Waals surface area contributed by atoms with Crippen LogP contribution in [-0.4, -0.2) is 30.4 Å². The average molecular weight is 337 g/mol. The van der Waals surface area contributed by atoms with Crippen LogP contribution < -0.4 is 16.0 Å². The van der Waals surface area contributed by atoms with E-state index >= 15 is 0 Å². The fourth-order valence-corrected chi connectivity index (χ4v) is 2.87. The van der Waals surface area contributed by atoms with Gasteiger partial charge < -0.3 is 10.6 Å². The van der Waals surface area contributed by atoms with Gasteiger partial charge in [-0.3, -0.25) is 14.9 Å². The molecule has 0 spiro atoms. The van der Waals surface area contributed by atoms with Gasteiger partial charge in [-0.25, -0.2) is 4.79 Å². The highest BCUT2D eigenvalue weighted by Gasteiger charge is 2.29. The number of hydrogen-bond acceptors (Lipinski definition) is 3. The van der Waals surface area contributed by atoms with Crippen LogP contribution in [0.2, 0.25) is 0 Å². The first kappa shape index (κ1) is 16.7. The number of rotatable bonds is 6. The van der Waals surface area contributed by atoms with Crippen LogP contribution in [-0.2, 0) is 9.59 Å². The summed E-state index contributed by atoms with van der Waals surface area (Å²) >= 11 is 0. The summed E-state index contributed by atoms with van der Waals surface area (Å²) in [5.74, 6) is -0.672. The molecule has 6 heteroatoms. The van der Waals surface area contributed by atoms with Crippen molar-refractivity contribution in [3.05, 3.63) is 71.8 Å². The summed E-state index contributed by atoms with van der Waals surface area (Å²) in [6.07, 6.45) is 0.260. The van der Waals surface area contributed by atoms with E-state index in [1.807, 2.05) is 60.7 Å². The molecule has 3 rings (SSSR count). The summed E-state index contributed by atoms with van der Waals surface area (Å²) in [5, 5.41) is 7.34.